The summed E-state index contributed by atoms with van der Waals surface area (Å²) in [6.45, 7) is 0.213. The highest BCUT2D eigenvalue weighted by atomic mass is 19.4. The second-order valence-corrected chi connectivity index (χ2v) is 6.96. The van der Waals surface area contributed by atoms with Gasteiger partial charge in [-0.25, -0.2) is 4.79 Å². The van der Waals surface area contributed by atoms with Gasteiger partial charge in [0.15, 0.2) is 6.10 Å². The van der Waals surface area contributed by atoms with Crippen LogP contribution in [-0.4, -0.2) is 35.7 Å². The third-order valence-electron chi connectivity index (χ3n) is 5.30. The molecule has 1 saturated carbocycles. The molecule has 0 spiro atoms. The average molecular weight is 371 g/mol. The number of hydrogen-bond acceptors (Lipinski definition) is 3. The summed E-state index contributed by atoms with van der Waals surface area (Å²) in [7, 11) is 0. The van der Waals surface area contributed by atoms with Gasteiger partial charge in [0, 0.05) is 12.0 Å². The molecule has 26 heavy (non-hydrogen) atoms. The minimum Gasteiger partial charge on any atom is -0.479 e. The summed E-state index contributed by atoms with van der Waals surface area (Å²) in [5.41, 5.74) is -0.646. The summed E-state index contributed by atoms with van der Waals surface area (Å²) in [4.78, 5) is 23.1. The van der Waals surface area contributed by atoms with Crippen molar-refractivity contribution < 1.29 is 32.6 Å². The van der Waals surface area contributed by atoms with Gasteiger partial charge in [0.1, 0.15) is 6.10 Å². The monoisotopic (exact) mass is 371 g/mol. The van der Waals surface area contributed by atoms with Crippen molar-refractivity contribution in [3.8, 4) is 0 Å². The van der Waals surface area contributed by atoms with Gasteiger partial charge in [-0.3, -0.25) is 4.79 Å². The van der Waals surface area contributed by atoms with E-state index in [1.165, 1.54) is 6.07 Å². The Hall–Kier alpha value is -2.09. The van der Waals surface area contributed by atoms with Crippen LogP contribution >= 0.6 is 0 Å². The molecule has 2 fully saturated rings. The molecule has 1 heterocycles. The molecule has 3 rings (SSSR count). The second-order valence-electron chi connectivity index (χ2n) is 6.96. The number of alkyl halides is 3. The summed E-state index contributed by atoms with van der Waals surface area (Å²) < 4.78 is 44.1. The zero-order chi connectivity index (χ0) is 18.9. The molecule has 8 heteroatoms. The van der Waals surface area contributed by atoms with Crippen molar-refractivity contribution in [2.24, 2.45) is 0 Å². The fourth-order valence-electron chi connectivity index (χ4n) is 3.58. The van der Waals surface area contributed by atoms with Crippen LogP contribution in [0, 0.1) is 0 Å². The number of halogens is 3. The van der Waals surface area contributed by atoms with Crippen LogP contribution in [0.25, 0.3) is 0 Å². The standard InChI is InChI=1S/C18H20F3NO4/c19-18(20,21)12-4-1-3-11(9-12)17(7-2-8-17)10-22-15(23)13-5-6-14(26-13)16(24)25/h1,3-4,9,13-14H,2,5-8,10H2,(H,22,23)(H,24,25)/t13-,14+/m0/s1. The lowest BCUT2D eigenvalue weighted by Crippen LogP contribution is -2.48. The summed E-state index contributed by atoms with van der Waals surface area (Å²) in [6.07, 6.45) is -3.36. The van der Waals surface area contributed by atoms with E-state index in [2.05, 4.69) is 5.32 Å². The normalized spacial score (nSPS) is 24.7. The Balaban J connectivity index is 1.66. The number of carbonyl (C=O) groups is 2. The lowest BCUT2D eigenvalue weighted by Gasteiger charge is -2.43. The molecule has 2 atom stereocenters. The van der Waals surface area contributed by atoms with Gasteiger partial charge in [0.25, 0.3) is 0 Å². The van der Waals surface area contributed by atoms with Crippen LogP contribution < -0.4 is 5.32 Å². The molecule has 1 saturated heterocycles. The van der Waals surface area contributed by atoms with E-state index in [-0.39, 0.29) is 13.0 Å². The van der Waals surface area contributed by atoms with Gasteiger partial charge in [-0.1, -0.05) is 24.6 Å². The quantitative estimate of drug-likeness (QED) is 0.835. The molecule has 1 aliphatic carbocycles. The van der Waals surface area contributed by atoms with Crippen molar-refractivity contribution in [2.75, 3.05) is 6.54 Å². The number of carboxylic acid groups (broad SMARTS) is 1. The topological polar surface area (TPSA) is 75.6 Å². The molecule has 2 N–H and O–H groups in total. The maximum Gasteiger partial charge on any atom is 0.416 e. The Bertz CT molecular complexity index is 700. The van der Waals surface area contributed by atoms with Gasteiger partial charge < -0.3 is 15.2 Å². The van der Waals surface area contributed by atoms with E-state index in [9.17, 15) is 22.8 Å². The molecule has 0 unspecified atom stereocenters. The van der Waals surface area contributed by atoms with Gasteiger partial charge >= 0.3 is 12.1 Å². The number of ether oxygens (including phenoxy) is 1. The lowest BCUT2D eigenvalue weighted by atomic mass is 9.64. The molecular formula is C18H20F3NO4. The highest BCUT2D eigenvalue weighted by Gasteiger charge is 2.42. The van der Waals surface area contributed by atoms with Crippen LogP contribution in [0.15, 0.2) is 24.3 Å². The number of rotatable bonds is 5. The number of carbonyl (C=O) groups excluding carboxylic acids is 1. The molecular weight excluding hydrogens is 351 g/mol. The Morgan fingerprint density at radius 2 is 1.92 bits per heavy atom. The first kappa shape index (κ1) is 18.7. The zero-order valence-corrected chi connectivity index (χ0v) is 14.0. The summed E-state index contributed by atoms with van der Waals surface area (Å²) in [5.74, 6) is -1.51. The largest absolute Gasteiger partial charge is 0.479 e. The Morgan fingerprint density at radius 1 is 1.23 bits per heavy atom. The second kappa shape index (κ2) is 6.90. The minimum atomic E-state index is -4.41. The van der Waals surface area contributed by atoms with Crippen molar-refractivity contribution in [1.82, 2.24) is 5.32 Å². The van der Waals surface area contributed by atoms with Crippen molar-refractivity contribution >= 4 is 11.9 Å². The van der Waals surface area contributed by atoms with E-state index >= 15 is 0 Å². The van der Waals surface area contributed by atoms with E-state index in [1.807, 2.05) is 0 Å². The first-order valence-corrected chi connectivity index (χ1v) is 8.55. The number of hydrogen-bond donors (Lipinski definition) is 2. The van der Waals surface area contributed by atoms with E-state index < -0.39 is 41.2 Å². The molecule has 1 amide bonds. The maximum absolute atomic E-state index is 13.0. The fraction of sp³-hybridized carbons (Fsp3) is 0.556. The number of nitrogens with one attached hydrogen (secondary N) is 1. The van der Waals surface area contributed by atoms with Crippen LogP contribution in [0.4, 0.5) is 13.2 Å². The van der Waals surface area contributed by atoms with Crippen molar-refractivity contribution in [1.29, 1.82) is 0 Å². The molecule has 1 aliphatic heterocycles. The third-order valence-corrected chi connectivity index (χ3v) is 5.30. The van der Waals surface area contributed by atoms with Crippen molar-refractivity contribution in [2.45, 2.75) is 55.9 Å². The summed E-state index contributed by atoms with van der Waals surface area (Å²) in [5, 5.41) is 11.7. The molecule has 5 nitrogen and oxygen atoms in total. The number of aliphatic carboxylic acids is 1. The maximum atomic E-state index is 13.0. The Labute approximate surface area is 148 Å². The predicted octanol–water partition coefficient (Wildman–Crippen LogP) is 2.88. The van der Waals surface area contributed by atoms with E-state index in [0.29, 0.717) is 24.8 Å². The van der Waals surface area contributed by atoms with Gasteiger partial charge in [0.2, 0.25) is 5.91 Å². The number of carboxylic acids is 1. The number of benzene rings is 1. The first-order chi connectivity index (χ1) is 12.2. The highest BCUT2D eigenvalue weighted by molar-refractivity contribution is 5.82. The van der Waals surface area contributed by atoms with Gasteiger partial charge in [-0.15, -0.1) is 0 Å². The predicted molar refractivity (Wildman–Crippen MR) is 85.5 cm³/mol. The fourth-order valence-corrected chi connectivity index (χ4v) is 3.58. The minimum absolute atomic E-state index is 0.213. The van der Waals surface area contributed by atoms with Crippen molar-refractivity contribution in [3.05, 3.63) is 35.4 Å². The lowest BCUT2D eigenvalue weighted by molar-refractivity contribution is -0.152. The smallest absolute Gasteiger partial charge is 0.416 e. The van der Waals surface area contributed by atoms with E-state index in [1.54, 1.807) is 6.07 Å². The third kappa shape index (κ3) is 3.70. The summed E-state index contributed by atoms with van der Waals surface area (Å²) in [6, 6.07) is 5.23. The Kier molecular flexibility index (Phi) is 4.96. The van der Waals surface area contributed by atoms with E-state index in [4.69, 9.17) is 9.84 Å². The zero-order valence-electron chi connectivity index (χ0n) is 14.0. The Morgan fingerprint density at radius 3 is 2.46 bits per heavy atom. The average Bonchev–Trinajstić information content (AvgIpc) is 3.03. The van der Waals surface area contributed by atoms with Crippen LogP contribution in [0.1, 0.15) is 43.2 Å². The van der Waals surface area contributed by atoms with Gasteiger partial charge in [-0.2, -0.15) is 13.2 Å². The molecule has 2 aliphatic rings. The van der Waals surface area contributed by atoms with Crippen LogP contribution in [0.3, 0.4) is 0 Å². The van der Waals surface area contributed by atoms with Crippen molar-refractivity contribution in [3.63, 3.8) is 0 Å². The van der Waals surface area contributed by atoms with Gasteiger partial charge in [0.05, 0.1) is 5.56 Å². The van der Waals surface area contributed by atoms with Crippen LogP contribution in [0.2, 0.25) is 0 Å². The molecule has 142 valence electrons. The first-order valence-electron chi connectivity index (χ1n) is 8.55. The van der Waals surface area contributed by atoms with Crippen LogP contribution in [0.5, 0.6) is 0 Å². The van der Waals surface area contributed by atoms with Crippen LogP contribution in [-0.2, 0) is 25.9 Å². The van der Waals surface area contributed by atoms with Gasteiger partial charge in [-0.05, 0) is 37.3 Å². The SMILES string of the molecule is O=C(NCC1(c2cccc(C(F)(F)F)c2)CCC1)[C@@H]1CC[C@H](C(=O)O)O1. The summed E-state index contributed by atoms with van der Waals surface area (Å²) >= 11 is 0. The van der Waals surface area contributed by atoms with E-state index in [0.717, 1.165) is 18.6 Å². The molecule has 1 aromatic carbocycles. The molecule has 0 aromatic heterocycles. The number of amides is 1. The molecule has 0 radical (unpaired) electrons. The molecule has 0 bridgehead atoms. The highest BCUT2D eigenvalue weighted by Crippen LogP contribution is 2.44. The molecule has 1 aromatic rings.